The summed E-state index contributed by atoms with van der Waals surface area (Å²) in [4.78, 5) is 13.7. The molecule has 3 nitrogen and oxygen atoms in total. The van der Waals surface area contributed by atoms with Gasteiger partial charge in [0.1, 0.15) is 0 Å². The molecule has 17 heavy (non-hydrogen) atoms. The Bertz CT molecular complexity index is 400. The summed E-state index contributed by atoms with van der Waals surface area (Å²) in [7, 11) is 0. The van der Waals surface area contributed by atoms with Gasteiger partial charge in [-0.05, 0) is 12.5 Å². The maximum atomic E-state index is 11.5. The highest BCUT2D eigenvalue weighted by Gasteiger charge is 2.09. The van der Waals surface area contributed by atoms with Crippen molar-refractivity contribution in [2.24, 2.45) is 5.73 Å². The van der Waals surface area contributed by atoms with Crippen molar-refractivity contribution >= 4 is 23.1 Å². The molecule has 0 aliphatic heterocycles. The molecule has 1 rings (SSSR count). The standard InChI is InChI=1S/C13H18N2OS/c1-10-3-5-12(6-4-10)9-15(11(2)16)8-7-13(14)17/h3-6H,7-9H2,1-2H3,(H2,14,17). The van der Waals surface area contributed by atoms with Crippen molar-refractivity contribution in [3.05, 3.63) is 35.4 Å². The number of nitrogens with zero attached hydrogens (tertiary/aromatic N) is 1. The van der Waals surface area contributed by atoms with E-state index in [1.165, 1.54) is 5.56 Å². The smallest absolute Gasteiger partial charge is 0.219 e. The number of carbonyl (C=O) groups excluding carboxylic acids is 1. The summed E-state index contributed by atoms with van der Waals surface area (Å²) in [6, 6.07) is 8.15. The minimum absolute atomic E-state index is 0.0434. The highest BCUT2D eigenvalue weighted by Crippen LogP contribution is 2.07. The van der Waals surface area contributed by atoms with Crippen LogP contribution in [0.4, 0.5) is 0 Å². The molecule has 0 aliphatic carbocycles. The van der Waals surface area contributed by atoms with Crippen LogP contribution in [0.2, 0.25) is 0 Å². The van der Waals surface area contributed by atoms with Crippen molar-refractivity contribution in [1.29, 1.82) is 0 Å². The van der Waals surface area contributed by atoms with E-state index in [9.17, 15) is 4.79 Å². The third-order valence-corrected chi connectivity index (χ3v) is 2.77. The van der Waals surface area contributed by atoms with E-state index in [1.807, 2.05) is 31.2 Å². The molecule has 1 amide bonds. The molecule has 2 N–H and O–H groups in total. The van der Waals surface area contributed by atoms with Gasteiger partial charge in [-0.25, -0.2) is 0 Å². The van der Waals surface area contributed by atoms with Gasteiger partial charge in [0.15, 0.2) is 0 Å². The lowest BCUT2D eigenvalue weighted by molar-refractivity contribution is -0.129. The summed E-state index contributed by atoms with van der Waals surface area (Å²) in [5.74, 6) is 0.0434. The zero-order chi connectivity index (χ0) is 12.8. The maximum Gasteiger partial charge on any atom is 0.219 e. The van der Waals surface area contributed by atoms with Crippen molar-refractivity contribution in [1.82, 2.24) is 4.90 Å². The zero-order valence-electron chi connectivity index (χ0n) is 10.3. The molecule has 0 heterocycles. The molecule has 0 unspecified atom stereocenters. The Morgan fingerprint density at radius 2 is 1.94 bits per heavy atom. The second-order valence-electron chi connectivity index (χ2n) is 4.14. The molecule has 1 aromatic rings. The molecule has 0 radical (unpaired) electrons. The van der Waals surface area contributed by atoms with Crippen LogP contribution in [-0.4, -0.2) is 22.3 Å². The van der Waals surface area contributed by atoms with Crippen molar-refractivity contribution in [2.45, 2.75) is 26.8 Å². The number of rotatable bonds is 5. The molecule has 0 saturated carbocycles. The summed E-state index contributed by atoms with van der Waals surface area (Å²) in [5, 5.41) is 0. The topological polar surface area (TPSA) is 46.3 Å². The van der Waals surface area contributed by atoms with Gasteiger partial charge in [0, 0.05) is 26.4 Å². The van der Waals surface area contributed by atoms with Gasteiger partial charge >= 0.3 is 0 Å². The predicted molar refractivity (Wildman–Crippen MR) is 73.7 cm³/mol. The number of thiocarbonyl (C=S) groups is 1. The fourth-order valence-electron chi connectivity index (χ4n) is 1.51. The summed E-state index contributed by atoms with van der Waals surface area (Å²) in [6.45, 7) is 4.80. The van der Waals surface area contributed by atoms with E-state index in [4.69, 9.17) is 18.0 Å². The quantitative estimate of drug-likeness (QED) is 0.813. The van der Waals surface area contributed by atoms with Crippen LogP contribution in [0.3, 0.4) is 0 Å². The first kappa shape index (κ1) is 13.6. The predicted octanol–water partition coefficient (Wildman–Crippen LogP) is 2.02. The van der Waals surface area contributed by atoms with Crippen LogP contribution in [0.25, 0.3) is 0 Å². The molecular weight excluding hydrogens is 232 g/mol. The van der Waals surface area contributed by atoms with Crippen LogP contribution in [0.15, 0.2) is 24.3 Å². The fourth-order valence-corrected chi connectivity index (χ4v) is 1.60. The van der Waals surface area contributed by atoms with Gasteiger partial charge < -0.3 is 10.6 Å². The lowest BCUT2D eigenvalue weighted by Gasteiger charge is -2.21. The van der Waals surface area contributed by atoms with Crippen LogP contribution in [-0.2, 0) is 11.3 Å². The fraction of sp³-hybridized carbons (Fsp3) is 0.385. The van der Waals surface area contributed by atoms with Gasteiger partial charge in [0.2, 0.25) is 5.91 Å². The van der Waals surface area contributed by atoms with E-state index in [-0.39, 0.29) is 5.91 Å². The first-order chi connectivity index (χ1) is 7.99. The molecular formula is C13H18N2OS. The number of hydrogen-bond acceptors (Lipinski definition) is 2. The number of carbonyl (C=O) groups is 1. The van der Waals surface area contributed by atoms with Gasteiger partial charge in [0.05, 0.1) is 4.99 Å². The number of hydrogen-bond donors (Lipinski definition) is 1. The Morgan fingerprint density at radius 3 is 2.41 bits per heavy atom. The minimum atomic E-state index is 0.0434. The third-order valence-electron chi connectivity index (χ3n) is 2.57. The van der Waals surface area contributed by atoms with Crippen LogP contribution in [0.1, 0.15) is 24.5 Å². The first-order valence-electron chi connectivity index (χ1n) is 5.58. The Kier molecular flexibility index (Phi) is 5.10. The van der Waals surface area contributed by atoms with Crippen molar-refractivity contribution in [3.8, 4) is 0 Å². The van der Waals surface area contributed by atoms with Gasteiger partial charge in [-0.1, -0.05) is 42.0 Å². The highest BCUT2D eigenvalue weighted by atomic mass is 32.1. The molecule has 4 heteroatoms. The third kappa shape index (κ3) is 4.95. The normalized spacial score (nSPS) is 10.0. The van der Waals surface area contributed by atoms with Crippen LogP contribution in [0, 0.1) is 6.92 Å². The van der Waals surface area contributed by atoms with E-state index in [0.29, 0.717) is 24.5 Å². The number of nitrogens with two attached hydrogens (primary N) is 1. The van der Waals surface area contributed by atoms with Gasteiger partial charge in [-0.2, -0.15) is 0 Å². The highest BCUT2D eigenvalue weighted by molar-refractivity contribution is 7.80. The van der Waals surface area contributed by atoms with Gasteiger partial charge in [-0.15, -0.1) is 0 Å². The summed E-state index contributed by atoms with van der Waals surface area (Å²) < 4.78 is 0. The number of amides is 1. The van der Waals surface area contributed by atoms with E-state index in [1.54, 1.807) is 11.8 Å². The Labute approximate surface area is 108 Å². The summed E-state index contributed by atoms with van der Waals surface area (Å²) in [6.07, 6.45) is 0.570. The summed E-state index contributed by atoms with van der Waals surface area (Å²) >= 11 is 4.82. The van der Waals surface area contributed by atoms with Crippen LogP contribution < -0.4 is 5.73 Å². The molecule has 0 aromatic heterocycles. The molecule has 0 bridgehead atoms. The molecule has 0 spiro atoms. The van der Waals surface area contributed by atoms with E-state index in [2.05, 4.69) is 0 Å². The summed E-state index contributed by atoms with van der Waals surface area (Å²) in [5.41, 5.74) is 7.78. The largest absolute Gasteiger partial charge is 0.393 e. The monoisotopic (exact) mass is 250 g/mol. The molecule has 0 aliphatic rings. The molecule has 92 valence electrons. The van der Waals surface area contributed by atoms with Crippen molar-refractivity contribution in [3.63, 3.8) is 0 Å². The number of aryl methyl sites for hydroxylation is 1. The maximum absolute atomic E-state index is 11.5. The Hall–Kier alpha value is -1.42. The van der Waals surface area contributed by atoms with Crippen LogP contribution in [0.5, 0.6) is 0 Å². The van der Waals surface area contributed by atoms with Crippen LogP contribution >= 0.6 is 12.2 Å². The van der Waals surface area contributed by atoms with Crippen molar-refractivity contribution in [2.75, 3.05) is 6.54 Å². The second kappa shape index (κ2) is 6.35. The minimum Gasteiger partial charge on any atom is -0.393 e. The van der Waals surface area contributed by atoms with E-state index >= 15 is 0 Å². The second-order valence-corrected chi connectivity index (χ2v) is 4.67. The van der Waals surface area contributed by atoms with Gasteiger partial charge in [-0.3, -0.25) is 4.79 Å². The van der Waals surface area contributed by atoms with E-state index in [0.717, 1.165) is 5.56 Å². The lowest BCUT2D eigenvalue weighted by atomic mass is 10.1. The zero-order valence-corrected chi connectivity index (χ0v) is 11.1. The molecule has 0 fully saturated rings. The molecule has 0 atom stereocenters. The Balaban J connectivity index is 2.63. The van der Waals surface area contributed by atoms with Gasteiger partial charge in [0.25, 0.3) is 0 Å². The molecule has 1 aromatic carbocycles. The Morgan fingerprint density at radius 1 is 1.35 bits per heavy atom. The average molecular weight is 250 g/mol. The van der Waals surface area contributed by atoms with E-state index < -0.39 is 0 Å². The number of benzene rings is 1. The SMILES string of the molecule is CC(=O)N(CCC(N)=S)Cc1ccc(C)cc1. The average Bonchev–Trinajstić information content (AvgIpc) is 2.26. The molecule has 0 saturated heterocycles. The lowest BCUT2D eigenvalue weighted by Crippen LogP contribution is -2.31. The first-order valence-corrected chi connectivity index (χ1v) is 5.99. The van der Waals surface area contributed by atoms with Crippen molar-refractivity contribution < 1.29 is 4.79 Å².